The third-order valence-electron chi connectivity index (χ3n) is 3.11. The number of nitrogens with zero attached hydrogens (tertiary/aromatic N) is 4. The Bertz CT molecular complexity index is 1250. The van der Waals surface area contributed by atoms with E-state index in [0.29, 0.717) is 14.5 Å². The van der Waals surface area contributed by atoms with Crippen molar-refractivity contribution in [3.63, 3.8) is 0 Å². The molecule has 0 atom stereocenters. The second-order valence-electron chi connectivity index (χ2n) is 5.15. The highest BCUT2D eigenvalue weighted by atomic mass is 79.9. The van der Waals surface area contributed by atoms with Gasteiger partial charge in [-0.15, -0.1) is 0 Å². The Labute approximate surface area is 189 Å². The maximum Gasteiger partial charge on any atom is 0.316 e. The average Bonchev–Trinajstić information content (AvgIpc) is 2.69. The average molecular weight is 552 g/mol. The molecular weight excluding hydrogens is 534 g/mol. The normalized spacial score (nSPS) is 14.2. The van der Waals surface area contributed by atoms with Gasteiger partial charge in [-0.3, -0.25) is 4.72 Å². The number of halogens is 2. The molecule has 0 fully saturated rings. The zero-order valence-corrected chi connectivity index (χ0v) is 18.2. The molecule has 2 heterocycles. The van der Waals surface area contributed by atoms with Crippen molar-refractivity contribution in [2.24, 2.45) is 5.14 Å². The zero-order valence-electron chi connectivity index (χ0n) is 18.2. The molecule has 0 saturated heterocycles. The van der Waals surface area contributed by atoms with Crippen LogP contribution in [0.2, 0.25) is 0 Å². The molecule has 0 aliphatic rings. The summed E-state index contributed by atoms with van der Waals surface area (Å²) >= 11 is 6.40. The second-order valence-corrected chi connectivity index (χ2v) is 8.27. The van der Waals surface area contributed by atoms with Crippen molar-refractivity contribution < 1.29 is 23.4 Å². The van der Waals surface area contributed by atoms with Gasteiger partial charge in [0.05, 0.1) is 15.5 Å². The van der Waals surface area contributed by atoms with E-state index in [1.54, 1.807) is 24.3 Å². The molecule has 0 aliphatic heterocycles. The van der Waals surface area contributed by atoms with E-state index in [1.165, 1.54) is 12.4 Å². The number of benzene rings is 1. The first-order valence-electron chi connectivity index (χ1n) is 9.54. The molecule has 0 spiro atoms. The summed E-state index contributed by atoms with van der Waals surface area (Å²) in [4.78, 5) is 15.2. The maximum atomic E-state index is 11.6. The largest absolute Gasteiger partial charge is 0.473 e. The number of nitrogens with two attached hydrogens (primary N) is 1. The summed E-state index contributed by atoms with van der Waals surface area (Å²) in [5.74, 6) is -0.786. The fourth-order valence-electron chi connectivity index (χ4n) is 2.02. The quantitative estimate of drug-likeness (QED) is 0.407. The lowest BCUT2D eigenvalue weighted by molar-refractivity contribution is 0.202. The number of nitrogens with one attached hydrogen (secondary N) is 1. The SMILES string of the molecule is [2H][13C]([2H])(Oc1ncc(Br)cn1)[13C]([2H])([2H])Oc1ncnc(NS(N)(=O)=O)c1-c1ccc(Br)cc1. The van der Waals surface area contributed by atoms with E-state index in [9.17, 15) is 8.42 Å². The van der Waals surface area contributed by atoms with Crippen molar-refractivity contribution in [1.82, 2.24) is 19.9 Å². The highest BCUT2D eigenvalue weighted by molar-refractivity contribution is 9.10. The smallest absolute Gasteiger partial charge is 0.316 e. The van der Waals surface area contributed by atoms with E-state index in [1.807, 2.05) is 4.72 Å². The third kappa shape index (κ3) is 6.32. The molecule has 0 bridgehead atoms. The predicted molar refractivity (Wildman–Crippen MR) is 113 cm³/mol. The molecule has 3 N–H and O–H groups in total. The molecule has 0 saturated carbocycles. The van der Waals surface area contributed by atoms with Crippen LogP contribution in [-0.2, 0) is 10.2 Å². The van der Waals surface area contributed by atoms with Gasteiger partial charge in [-0.25, -0.2) is 25.1 Å². The summed E-state index contributed by atoms with van der Waals surface area (Å²) in [6.45, 7) is -6.25. The van der Waals surface area contributed by atoms with Crippen LogP contribution in [0.1, 0.15) is 5.48 Å². The van der Waals surface area contributed by atoms with Crippen molar-refractivity contribution >= 4 is 47.9 Å². The number of ether oxygens (including phenoxy) is 2. The summed E-state index contributed by atoms with van der Waals surface area (Å²) in [6.07, 6.45) is 3.47. The van der Waals surface area contributed by atoms with E-state index in [0.717, 1.165) is 6.33 Å². The number of rotatable bonds is 8. The minimum atomic E-state index is -4.27. The van der Waals surface area contributed by atoms with Crippen LogP contribution in [0.15, 0.2) is 51.9 Å². The molecule has 0 unspecified atom stereocenters. The molecule has 29 heavy (non-hydrogen) atoms. The topological polar surface area (TPSA) is 142 Å². The van der Waals surface area contributed by atoms with E-state index >= 15 is 0 Å². The second kappa shape index (κ2) is 9.43. The summed E-state index contributed by atoms with van der Waals surface area (Å²) < 4.78 is 69.1. The standard InChI is InChI=1S/C16H14Br2N6O4S/c17-11-3-1-10(2-4-11)13-14(24-29(19,25)26)22-9-23-15(13)27-5-6-28-16-20-7-12(18)8-21-16/h1-4,7-9H,5-6H2,(H2,19,25,26)(H,22,23,24)/i5+1D2,6+1D2. The summed E-state index contributed by atoms with van der Waals surface area (Å²) in [6, 6.07) is 5.94. The first-order chi connectivity index (χ1) is 15.3. The van der Waals surface area contributed by atoms with Gasteiger partial charge < -0.3 is 9.47 Å². The summed E-state index contributed by atoms with van der Waals surface area (Å²) in [5.41, 5.74) is 0.243. The minimum Gasteiger partial charge on any atom is -0.473 e. The first-order valence-corrected chi connectivity index (χ1v) is 10.7. The zero-order chi connectivity index (χ0) is 24.4. The summed E-state index contributed by atoms with van der Waals surface area (Å²) in [5, 5.41) is 5.06. The van der Waals surface area contributed by atoms with Crippen molar-refractivity contribution in [2.45, 2.75) is 0 Å². The predicted octanol–water partition coefficient (Wildman–Crippen LogP) is 2.53. The molecule has 1 aromatic carbocycles. The Kier molecular flexibility index (Phi) is 5.35. The van der Waals surface area contributed by atoms with E-state index < -0.39 is 35.2 Å². The Morgan fingerprint density at radius 1 is 1.00 bits per heavy atom. The fourth-order valence-corrected chi connectivity index (χ4v) is 2.92. The van der Waals surface area contributed by atoms with Crippen molar-refractivity contribution in [2.75, 3.05) is 17.8 Å². The van der Waals surface area contributed by atoms with Crippen LogP contribution in [0.3, 0.4) is 0 Å². The van der Waals surface area contributed by atoms with Crippen LogP contribution < -0.4 is 19.3 Å². The van der Waals surface area contributed by atoms with Crippen molar-refractivity contribution in [1.29, 1.82) is 0 Å². The molecular formula is C16H14Br2N6O4S. The van der Waals surface area contributed by atoms with Crippen LogP contribution in [0.5, 0.6) is 11.9 Å². The molecule has 13 heteroatoms. The molecule has 3 rings (SSSR count). The fraction of sp³-hybridized carbons (Fsp3) is 0.125. The lowest BCUT2D eigenvalue weighted by Gasteiger charge is -2.14. The molecule has 152 valence electrons. The van der Waals surface area contributed by atoms with Crippen molar-refractivity contribution in [3.05, 3.63) is 51.9 Å². The molecule has 2 aromatic heterocycles. The Balaban J connectivity index is 2.03. The van der Waals surface area contributed by atoms with Crippen LogP contribution >= 0.6 is 31.9 Å². The third-order valence-corrected chi connectivity index (χ3v) is 4.53. The van der Waals surface area contributed by atoms with E-state index in [2.05, 4.69) is 51.8 Å². The lowest BCUT2D eigenvalue weighted by atomic mass is 10.1. The highest BCUT2D eigenvalue weighted by Crippen LogP contribution is 2.34. The minimum absolute atomic E-state index is 0.0846. The van der Waals surface area contributed by atoms with Crippen LogP contribution in [0.25, 0.3) is 11.1 Å². The number of hydrogen-bond acceptors (Lipinski definition) is 8. The number of anilines is 1. The van der Waals surface area contributed by atoms with Crippen molar-refractivity contribution in [3.8, 4) is 23.0 Å². The maximum absolute atomic E-state index is 11.6. The van der Waals surface area contributed by atoms with Gasteiger partial charge in [-0.1, -0.05) is 28.1 Å². The monoisotopic (exact) mass is 550 g/mol. The molecule has 3 aromatic rings. The molecule has 0 radical (unpaired) electrons. The van der Waals surface area contributed by atoms with Gasteiger partial charge in [0.2, 0.25) is 5.88 Å². The summed E-state index contributed by atoms with van der Waals surface area (Å²) in [7, 11) is -4.27. The number of hydrogen-bond donors (Lipinski definition) is 2. The number of aromatic nitrogens is 4. The van der Waals surface area contributed by atoms with Crippen LogP contribution in [0.4, 0.5) is 5.82 Å². The first kappa shape index (κ1) is 16.4. The molecule has 10 nitrogen and oxygen atoms in total. The van der Waals surface area contributed by atoms with Gasteiger partial charge in [0.15, 0.2) is 5.82 Å². The Morgan fingerprint density at radius 2 is 1.66 bits per heavy atom. The lowest BCUT2D eigenvalue weighted by Crippen LogP contribution is -2.23. The molecule has 0 amide bonds. The van der Waals surface area contributed by atoms with Gasteiger partial charge in [0.25, 0.3) is 10.2 Å². The van der Waals surface area contributed by atoms with Gasteiger partial charge >= 0.3 is 6.01 Å². The van der Waals surface area contributed by atoms with Gasteiger partial charge in [-0.05, 0) is 33.6 Å². The van der Waals surface area contributed by atoms with E-state index in [-0.39, 0.29) is 11.4 Å². The van der Waals surface area contributed by atoms with Gasteiger partial charge in [0, 0.05) is 16.9 Å². The van der Waals surface area contributed by atoms with E-state index in [4.69, 9.17) is 20.1 Å². The Morgan fingerprint density at radius 3 is 2.31 bits per heavy atom. The van der Waals surface area contributed by atoms with Gasteiger partial charge in [0.1, 0.15) is 19.4 Å². The van der Waals surface area contributed by atoms with Crippen LogP contribution in [0, 0.1) is 0 Å². The Hall–Kier alpha value is -2.35. The van der Waals surface area contributed by atoms with Gasteiger partial charge in [-0.2, -0.15) is 8.42 Å². The molecule has 0 aliphatic carbocycles. The van der Waals surface area contributed by atoms with Crippen LogP contribution in [-0.4, -0.2) is 41.5 Å². The highest BCUT2D eigenvalue weighted by Gasteiger charge is 2.18.